The van der Waals surface area contributed by atoms with Crippen LogP contribution < -0.4 is 4.90 Å². The fourth-order valence-corrected chi connectivity index (χ4v) is 3.27. The van der Waals surface area contributed by atoms with Crippen LogP contribution in [0.2, 0.25) is 0 Å². The van der Waals surface area contributed by atoms with E-state index in [2.05, 4.69) is 19.9 Å². The van der Waals surface area contributed by atoms with Crippen LogP contribution in [0.15, 0.2) is 54.9 Å². The zero-order valence-electron chi connectivity index (χ0n) is 15.1. The van der Waals surface area contributed by atoms with Crippen LogP contribution in [0.25, 0.3) is 11.4 Å². The number of nitrogens with zero attached hydrogens (tertiary/aromatic N) is 6. The molecule has 1 aliphatic rings. The van der Waals surface area contributed by atoms with Crippen LogP contribution >= 0.6 is 0 Å². The molecule has 8 nitrogen and oxygen atoms in total. The molecule has 0 saturated carbocycles. The van der Waals surface area contributed by atoms with Gasteiger partial charge < -0.3 is 4.90 Å². The Labute approximate surface area is 161 Å². The van der Waals surface area contributed by atoms with Crippen LogP contribution in [0.4, 0.5) is 15.8 Å². The summed E-state index contributed by atoms with van der Waals surface area (Å²) in [6, 6.07) is 13.0. The Bertz CT molecular complexity index is 967. The summed E-state index contributed by atoms with van der Waals surface area (Å²) in [6.07, 6.45) is 1.65. The van der Waals surface area contributed by atoms with Crippen LogP contribution in [0, 0.1) is 15.9 Å². The zero-order chi connectivity index (χ0) is 19.5. The quantitative estimate of drug-likeness (QED) is 0.499. The van der Waals surface area contributed by atoms with Crippen molar-refractivity contribution in [2.24, 2.45) is 0 Å². The van der Waals surface area contributed by atoms with E-state index >= 15 is 0 Å². The molecule has 0 radical (unpaired) electrons. The van der Waals surface area contributed by atoms with E-state index in [0.717, 1.165) is 31.7 Å². The minimum absolute atomic E-state index is 0.0379. The zero-order valence-corrected chi connectivity index (χ0v) is 15.1. The number of hydrogen-bond donors (Lipinski definition) is 0. The van der Waals surface area contributed by atoms with E-state index in [1.807, 2.05) is 6.07 Å². The fourth-order valence-electron chi connectivity index (χ4n) is 3.27. The summed E-state index contributed by atoms with van der Waals surface area (Å²) in [5.41, 5.74) is 1.41. The Hall–Kier alpha value is -3.33. The van der Waals surface area contributed by atoms with Gasteiger partial charge in [-0.1, -0.05) is 12.1 Å². The molecule has 0 aliphatic carbocycles. The number of anilines is 1. The summed E-state index contributed by atoms with van der Waals surface area (Å²) in [5.74, 6) is 0.333. The largest absolute Gasteiger partial charge is 0.367 e. The molecule has 0 atom stereocenters. The van der Waals surface area contributed by atoms with E-state index in [1.54, 1.807) is 35.3 Å². The Morgan fingerprint density at radius 3 is 2.43 bits per heavy atom. The first kappa shape index (κ1) is 18.1. The Kier molecular flexibility index (Phi) is 4.98. The van der Waals surface area contributed by atoms with E-state index in [0.29, 0.717) is 18.2 Å². The van der Waals surface area contributed by atoms with Crippen molar-refractivity contribution in [3.8, 4) is 11.4 Å². The van der Waals surface area contributed by atoms with Crippen molar-refractivity contribution < 1.29 is 9.31 Å². The third-order valence-electron chi connectivity index (χ3n) is 4.78. The maximum atomic E-state index is 13.9. The van der Waals surface area contributed by atoms with Crippen molar-refractivity contribution in [1.29, 1.82) is 0 Å². The molecule has 144 valence electrons. The van der Waals surface area contributed by atoms with Crippen LogP contribution in [0.3, 0.4) is 0 Å². The number of non-ortho nitro benzene ring substituents is 1. The molecule has 0 amide bonds. The normalized spacial score (nSPS) is 15.0. The summed E-state index contributed by atoms with van der Waals surface area (Å²) in [7, 11) is 0. The van der Waals surface area contributed by atoms with Gasteiger partial charge in [0.1, 0.15) is 12.1 Å². The lowest BCUT2D eigenvalue weighted by Gasteiger charge is -2.35. The number of benzene rings is 2. The average Bonchev–Trinajstić information content (AvgIpc) is 3.18. The molecule has 0 bridgehead atoms. The second kappa shape index (κ2) is 7.73. The first-order valence-corrected chi connectivity index (χ1v) is 8.96. The molecule has 0 unspecified atom stereocenters. The highest BCUT2D eigenvalue weighted by molar-refractivity contribution is 5.56. The van der Waals surface area contributed by atoms with Gasteiger partial charge in [-0.2, -0.15) is 0 Å². The van der Waals surface area contributed by atoms with E-state index in [9.17, 15) is 14.5 Å². The molecule has 2 aromatic carbocycles. The van der Waals surface area contributed by atoms with Gasteiger partial charge in [-0.05, 0) is 24.3 Å². The molecular weight excluding hydrogens is 363 g/mol. The van der Waals surface area contributed by atoms with Crippen molar-refractivity contribution in [1.82, 2.24) is 19.7 Å². The highest BCUT2D eigenvalue weighted by Crippen LogP contribution is 2.21. The van der Waals surface area contributed by atoms with Gasteiger partial charge in [0.25, 0.3) is 5.69 Å². The molecule has 28 heavy (non-hydrogen) atoms. The Morgan fingerprint density at radius 2 is 1.75 bits per heavy atom. The van der Waals surface area contributed by atoms with Crippen LogP contribution in [0.5, 0.6) is 0 Å². The standard InChI is InChI=1S/C19H19FN6O2/c20-17-3-1-2-4-18(17)24-11-9-23(10-12-24)14-25-13-21-19(22-25)15-5-7-16(8-6-15)26(27)28/h1-8,13H,9-12,14H2. The predicted molar refractivity (Wildman–Crippen MR) is 102 cm³/mol. The number of rotatable bonds is 5. The van der Waals surface area contributed by atoms with Crippen molar-refractivity contribution in [3.05, 3.63) is 70.8 Å². The first-order chi connectivity index (χ1) is 13.6. The Balaban J connectivity index is 1.36. The number of halogens is 1. The molecule has 1 saturated heterocycles. The molecular formula is C19H19FN6O2. The summed E-state index contributed by atoms with van der Waals surface area (Å²) in [6.45, 7) is 3.66. The second-order valence-electron chi connectivity index (χ2n) is 6.61. The van der Waals surface area contributed by atoms with Gasteiger partial charge in [-0.15, -0.1) is 5.10 Å². The summed E-state index contributed by atoms with van der Waals surface area (Å²) >= 11 is 0. The van der Waals surface area contributed by atoms with Crippen LogP contribution in [0.1, 0.15) is 0 Å². The Morgan fingerprint density at radius 1 is 1.04 bits per heavy atom. The van der Waals surface area contributed by atoms with Gasteiger partial charge in [0.05, 0.1) is 17.3 Å². The lowest BCUT2D eigenvalue weighted by atomic mass is 10.2. The third-order valence-corrected chi connectivity index (χ3v) is 4.78. The molecule has 2 heterocycles. The molecule has 1 fully saturated rings. The topological polar surface area (TPSA) is 80.3 Å². The number of para-hydroxylation sites is 1. The van der Waals surface area contributed by atoms with E-state index in [-0.39, 0.29) is 11.5 Å². The number of hydrogen-bond acceptors (Lipinski definition) is 6. The smallest absolute Gasteiger partial charge is 0.269 e. The van der Waals surface area contributed by atoms with E-state index in [1.165, 1.54) is 18.2 Å². The summed E-state index contributed by atoms with van der Waals surface area (Å²) in [4.78, 5) is 18.9. The maximum Gasteiger partial charge on any atom is 0.269 e. The van der Waals surface area contributed by atoms with E-state index in [4.69, 9.17) is 0 Å². The lowest BCUT2D eigenvalue weighted by Crippen LogP contribution is -2.47. The van der Waals surface area contributed by atoms with Gasteiger partial charge in [-0.25, -0.2) is 14.1 Å². The van der Waals surface area contributed by atoms with E-state index < -0.39 is 4.92 Å². The molecule has 9 heteroatoms. The molecule has 0 N–H and O–H groups in total. The van der Waals surface area contributed by atoms with Gasteiger partial charge in [0.2, 0.25) is 0 Å². The lowest BCUT2D eigenvalue weighted by molar-refractivity contribution is -0.384. The minimum Gasteiger partial charge on any atom is -0.367 e. The SMILES string of the molecule is O=[N+]([O-])c1ccc(-c2ncn(CN3CCN(c4ccccc4F)CC3)n2)cc1. The monoisotopic (exact) mass is 382 g/mol. The molecule has 3 aromatic rings. The maximum absolute atomic E-state index is 13.9. The van der Waals surface area contributed by atoms with Gasteiger partial charge in [-0.3, -0.25) is 15.0 Å². The van der Waals surface area contributed by atoms with Crippen molar-refractivity contribution in [2.75, 3.05) is 31.1 Å². The number of nitro benzene ring substituents is 1. The van der Waals surface area contributed by atoms with Crippen molar-refractivity contribution in [3.63, 3.8) is 0 Å². The average molecular weight is 382 g/mol. The van der Waals surface area contributed by atoms with Crippen molar-refractivity contribution in [2.45, 2.75) is 6.67 Å². The summed E-state index contributed by atoms with van der Waals surface area (Å²) < 4.78 is 15.7. The van der Waals surface area contributed by atoms with Crippen LogP contribution in [-0.2, 0) is 6.67 Å². The number of piperazine rings is 1. The highest BCUT2D eigenvalue weighted by atomic mass is 19.1. The second-order valence-corrected chi connectivity index (χ2v) is 6.61. The minimum atomic E-state index is -0.434. The predicted octanol–water partition coefficient (Wildman–Crippen LogP) is 2.77. The van der Waals surface area contributed by atoms with Crippen molar-refractivity contribution >= 4 is 11.4 Å². The molecule has 4 rings (SSSR count). The van der Waals surface area contributed by atoms with Gasteiger partial charge in [0, 0.05) is 43.9 Å². The number of aromatic nitrogens is 3. The fraction of sp³-hybridized carbons (Fsp3) is 0.263. The first-order valence-electron chi connectivity index (χ1n) is 8.96. The summed E-state index contributed by atoms with van der Waals surface area (Å²) in [5, 5.41) is 15.2. The van der Waals surface area contributed by atoms with Gasteiger partial charge >= 0.3 is 0 Å². The molecule has 0 spiro atoms. The highest BCUT2D eigenvalue weighted by Gasteiger charge is 2.19. The van der Waals surface area contributed by atoms with Crippen LogP contribution in [-0.4, -0.2) is 50.8 Å². The number of nitro groups is 1. The third kappa shape index (κ3) is 3.84. The van der Waals surface area contributed by atoms with Gasteiger partial charge in [0.15, 0.2) is 5.82 Å². The molecule has 1 aliphatic heterocycles. The molecule has 1 aromatic heterocycles.